The van der Waals surface area contributed by atoms with Crippen molar-refractivity contribution in [3.05, 3.63) is 86.5 Å². The maximum Gasteiger partial charge on any atom is 0.319 e. The summed E-state index contributed by atoms with van der Waals surface area (Å²) in [4.78, 5) is 32.7. The molecule has 3 rings (SSSR count). The zero-order valence-corrected chi connectivity index (χ0v) is 14.8. The van der Waals surface area contributed by atoms with Crippen LogP contribution in [-0.2, 0) is 0 Å². The Balaban J connectivity index is 1.80. The lowest BCUT2D eigenvalue weighted by atomic mass is 10.00. The number of nitrogens with one attached hydrogen (secondary N) is 2. The lowest BCUT2D eigenvalue weighted by molar-refractivity contribution is -0.394. The van der Waals surface area contributed by atoms with Gasteiger partial charge in [-0.2, -0.15) is 0 Å². The second kappa shape index (κ2) is 7.70. The van der Waals surface area contributed by atoms with Crippen molar-refractivity contribution in [2.45, 2.75) is 13.0 Å². The number of amides is 2. The first-order valence-corrected chi connectivity index (χ1v) is 8.34. The van der Waals surface area contributed by atoms with E-state index in [0.717, 1.165) is 34.5 Å². The van der Waals surface area contributed by atoms with Crippen LogP contribution in [0, 0.1) is 20.2 Å². The monoisotopic (exact) mass is 380 g/mol. The Bertz CT molecular complexity index is 1050. The van der Waals surface area contributed by atoms with Crippen LogP contribution in [0.3, 0.4) is 0 Å². The molecule has 0 aromatic heterocycles. The van der Waals surface area contributed by atoms with Gasteiger partial charge in [-0.25, -0.2) is 4.79 Å². The number of rotatable bonds is 5. The van der Waals surface area contributed by atoms with E-state index < -0.39 is 27.3 Å². The SMILES string of the molecule is C[C@H](NC(=O)Nc1cc([N+](=O)[O-])cc([N+](=O)[O-])c1)c1cccc2ccccc12. The summed E-state index contributed by atoms with van der Waals surface area (Å²) in [6, 6.07) is 15.5. The molecule has 3 aromatic rings. The predicted molar refractivity (Wildman–Crippen MR) is 104 cm³/mol. The zero-order chi connectivity index (χ0) is 20.3. The number of fused-ring (bicyclic) bond motifs is 1. The summed E-state index contributed by atoms with van der Waals surface area (Å²) >= 11 is 0. The van der Waals surface area contributed by atoms with Gasteiger partial charge < -0.3 is 10.6 Å². The Kier molecular flexibility index (Phi) is 5.16. The number of nitro benzene ring substituents is 2. The number of nitrogens with zero attached hydrogens (tertiary/aromatic N) is 2. The van der Waals surface area contributed by atoms with Crippen LogP contribution in [0.5, 0.6) is 0 Å². The van der Waals surface area contributed by atoms with Crippen molar-refractivity contribution in [3.8, 4) is 0 Å². The molecule has 28 heavy (non-hydrogen) atoms. The number of hydrogen-bond acceptors (Lipinski definition) is 5. The molecule has 0 unspecified atom stereocenters. The van der Waals surface area contributed by atoms with Crippen molar-refractivity contribution in [1.82, 2.24) is 5.32 Å². The van der Waals surface area contributed by atoms with Crippen molar-refractivity contribution in [1.29, 1.82) is 0 Å². The number of nitro groups is 2. The third-order valence-electron chi connectivity index (χ3n) is 4.22. The Hall–Kier alpha value is -4.01. The number of non-ortho nitro benzene ring substituents is 2. The van der Waals surface area contributed by atoms with Crippen LogP contribution in [0.4, 0.5) is 21.9 Å². The van der Waals surface area contributed by atoms with Gasteiger partial charge in [-0.3, -0.25) is 20.2 Å². The summed E-state index contributed by atoms with van der Waals surface area (Å²) < 4.78 is 0. The topological polar surface area (TPSA) is 127 Å². The zero-order valence-electron chi connectivity index (χ0n) is 14.8. The molecule has 2 amide bonds. The Labute approximate surface area is 159 Å². The van der Waals surface area contributed by atoms with Crippen LogP contribution in [-0.4, -0.2) is 15.9 Å². The minimum Gasteiger partial charge on any atom is -0.331 e. The normalized spacial score (nSPS) is 11.6. The summed E-state index contributed by atoms with van der Waals surface area (Å²) in [6.45, 7) is 1.80. The predicted octanol–water partition coefficient (Wildman–Crippen LogP) is 4.54. The lowest BCUT2D eigenvalue weighted by Gasteiger charge is -2.17. The molecule has 0 aliphatic rings. The van der Waals surface area contributed by atoms with Crippen molar-refractivity contribution in [3.63, 3.8) is 0 Å². The molecule has 0 fully saturated rings. The fraction of sp³-hybridized carbons (Fsp3) is 0.105. The number of carbonyl (C=O) groups is 1. The van der Waals surface area contributed by atoms with Crippen LogP contribution in [0.2, 0.25) is 0 Å². The highest BCUT2D eigenvalue weighted by molar-refractivity contribution is 5.91. The fourth-order valence-electron chi connectivity index (χ4n) is 2.95. The van der Waals surface area contributed by atoms with E-state index in [-0.39, 0.29) is 11.7 Å². The van der Waals surface area contributed by atoms with Crippen LogP contribution in [0.25, 0.3) is 10.8 Å². The first kappa shape index (κ1) is 18.8. The Morgan fingerprint density at radius 1 is 0.929 bits per heavy atom. The standard InChI is InChI=1S/C19H16N4O5/c1-12(17-8-4-6-13-5-2-3-7-18(13)17)20-19(24)21-14-9-15(22(25)26)11-16(10-14)23(27)28/h2-12H,1H3,(H2,20,21,24)/t12-/m0/s1. The van der Waals surface area contributed by atoms with E-state index in [4.69, 9.17) is 0 Å². The highest BCUT2D eigenvalue weighted by atomic mass is 16.6. The highest BCUT2D eigenvalue weighted by Crippen LogP contribution is 2.27. The average molecular weight is 380 g/mol. The molecular weight excluding hydrogens is 364 g/mol. The van der Waals surface area contributed by atoms with Gasteiger partial charge in [-0.15, -0.1) is 0 Å². The molecule has 0 aliphatic heterocycles. The van der Waals surface area contributed by atoms with E-state index in [2.05, 4.69) is 10.6 Å². The van der Waals surface area contributed by atoms with E-state index in [9.17, 15) is 25.0 Å². The third kappa shape index (κ3) is 4.04. The number of hydrogen-bond donors (Lipinski definition) is 2. The number of benzene rings is 3. The van der Waals surface area contributed by atoms with E-state index in [0.29, 0.717) is 0 Å². The number of carbonyl (C=O) groups excluding carboxylic acids is 1. The second-order valence-electron chi connectivity index (χ2n) is 6.14. The average Bonchev–Trinajstić information content (AvgIpc) is 2.66. The van der Waals surface area contributed by atoms with Gasteiger partial charge in [-0.05, 0) is 23.3 Å². The van der Waals surface area contributed by atoms with Gasteiger partial charge in [-0.1, -0.05) is 42.5 Å². The second-order valence-corrected chi connectivity index (χ2v) is 6.14. The van der Waals surface area contributed by atoms with Gasteiger partial charge in [0.2, 0.25) is 0 Å². The molecule has 0 spiro atoms. The molecule has 0 heterocycles. The van der Waals surface area contributed by atoms with Gasteiger partial charge in [0.25, 0.3) is 11.4 Å². The Morgan fingerprint density at radius 3 is 2.18 bits per heavy atom. The summed E-state index contributed by atoms with van der Waals surface area (Å²) in [7, 11) is 0. The first-order valence-electron chi connectivity index (χ1n) is 8.34. The van der Waals surface area contributed by atoms with Gasteiger partial charge >= 0.3 is 6.03 Å². The third-order valence-corrected chi connectivity index (χ3v) is 4.22. The molecule has 0 saturated carbocycles. The molecule has 1 atom stereocenters. The van der Waals surface area contributed by atoms with E-state index >= 15 is 0 Å². The van der Waals surface area contributed by atoms with E-state index in [1.54, 1.807) is 6.92 Å². The smallest absolute Gasteiger partial charge is 0.319 e. The van der Waals surface area contributed by atoms with Crippen LogP contribution in [0.1, 0.15) is 18.5 Å². The largest absolute Gasteiger partial charge is 0.331 e. The molecule has 9 nitrogen and oxygen atoms in total. The summed E-state index contributed by atoms with van der Waals surface area (Å²) in [5.41, 5.74) is -0.0972. The molecule has 0 aliphatic carbocycles. The van der Waals surface area contributed by atoms with Crippen molar-refractivity contribution in [2.75, 3.05) is 5.32 Å². The van der Waals surface area contributed by atoms with E-state index in [1.807, 2.05) is 42.5 Å². The number of anilines is 1. The molecule has 2 N–H and O–H groups in total. The molecule has 3 aromatic carbocycles. The van der Waals surface area contributed by atoms with Gasteiger partial charge in [0.1, 0.15) is 0 Å². The summed E-state index contributed by atoms with van der Waals surface area (Å²) in [6.07, 6.45) is 0. The molecule has 9 heteroatoms. The Morgan fingerprint density at radius 2 is 1.54 bits per heavy atom. The molecule has 0 bridgehead atoms. The highest BCUT2D eigenvalue weighted by Gasteiger charge is 2.18. The van der Waals surface area contributed by atoms with Crippen molar-refractivity contribution >= 4 is 33.9 Å². The minimum absolute atomic E-state index is 0.0384. The summed E-state index contributed by atoms with van der Waals surface area (Å²) in [5.74, 6) is 0. The molecule has 0 radical (unpaired) electrons. The number of urea groups is 1. The fourth-order valence-corrected chi connectivity index (χ4v) is 2.95. The van der Waals surface area contributed by atoms with Crippen LogP contribution >= 0.6 is 0 Å². The maximum absolute atomic E-state index is 12.3. The van der Waals surface area contributed by atoms with Gasteiger partial charge in [0.15, 0.2) is 0 Å². The van der Waals surface area contributed by atoms with Crippen LogP contribution < -0.4 is 10.6 Å². The minimum atomic E-state index is -0.755. The van der Waals surface area contributed by atoms with E-state index in [1.165, 1.54) is 0 Å². The van der Waals surface area contributed by atoms with Crippen molar-refractivity contribution < 1.29 is 14.6 Å². The maximum atomic E-state index is 12.3. The molecule has 142 valence electrons. The van der Waals surface area contributed by atoms with Gasteiger partial charge in [0.05, 0.1) is 27.6 Å². The molecular formula is C19H16N4O5. The quantitative estimate of drug-likeness (QED) is 0.496. The molecule has 0 saturated heterocycles. The first-order chi connectivity index (χ1) is 13.3. The lowest BCUT2D eigenvalue weighted by Crippen LogP contribution is -2.31. The van der Waals surface area contributed by atoms with Crippen molar-refractivity contribution in [2.24, 2.45) is 0 Å². The summed E-state index contributed by atoms with van der Waals surface area (Å²) in [5, 5.41) is 29.1. The van der Waals surface area contributed by atoms with Gasteiger partial charge in [0, 0.05) is 12.1 Å². The van der Waals surface area contributed by atoms with Crippen LogP contribution in [0.15, 0.2) is 60.7 Å².